The number of halogens is 1. The fourth-order valence-corrected chi connectivity index (χ4v) is 3.64. The summed E-state index contributed by atoms with van der Waals surface area (Å²) in [5, 5.41) is 14.5. The van der Waals surface area contributed by atoms with E-state index in [0.29, 0.717) is 22.7 Å². The lowest BCUT2D eigenvalue weighted by molar-refractivity contribution is -0.384. The number of nitrogens with one attached hydrogen (secondary N) is 1. The van der Waals surface area contributed by atoms with Gasteiger partial charge in [0.05, 0.1) is 22.7 Å². The largest absolute Gasteiger partial charge is 0.497 e. The Morgan fingerprint density at radius 1 is 1.32 bits per heavy atom. The SMILES string of the molecule is COc1cccc(C(=O)Nc2cc(N3CCCCC3C)c([N+](=O)[O-])cc2Cl)c1. The molecule has 2 aromatic carbocycles. The second-order valence-corrected chi connectivity index (χ2v) is 7.21. The van der Waals surface area contributed by atoms with Gasteiger partial charge in [-0.15, -0.1) is 0 Å². The van der Waals surface area contributed by atoms with Crippen molar-refractivity contribution >= 4 is 34.6 Å². The number of nitro benzene ring substituents is 1. The van der Waals surface area contributed by atoms with Gasteiger partial charge < -0.3 is 15.0 Å². The number of methoxy groups -OCH3 is 1. The van der Waals surface area contributed by atoms with E-state index in [1.807, 2.05) is 11.8 Å². The van der Waals surface area contributed by atoms with Crippen molar-refractivity contribution in [2.24, 2.45) is 0 Å². The van der Waals surface area contributed by atoms with Crippen molar-refractivity contribution in [1.29, 1.82) is 0 Å². The Morgan fingerprint density at radius 2 is 2.11 bits per heavy atom. The third kappa shape index (κ3) is 4.20. The number of nitro groups is 1. The van der Waals surface area contributed by atoms with Crippen molar-refractivity contribution in [1.82, 2.24) is 0 Å². The fraction of sp³-hybridized carbons (Fsp3) is 0.350. The van der Waals surface area contributed by atoms with Gasteiger partial charge >= 0.3 is 0 Å². The predicted octanol–water partition coefficient (Wildman–Crippen LogP) is 4.89. The molecule has 1 fully saturated rings. The van der Waals surface area contributed by atoms with Gasteiger partial charge in [-0.05, 0) is 50.5 Å². The Labute approximate surface area is 168 Å². The average molecular weight is 404 g/mol. The first-order valence-corrected chi connectivity index (χ1v) is 9.48. The molecule has 3 rings (SSSR count). The second-order valence-electron chi connectivity index (χ2n) is 6.80. The molecule has 1 unspecified atom stereocenters. The van der Waals surface area contributed by atoms with Crippen molar-refractivity contribution in [3.63, 3.8) is 0 Å². The molecule has 1 atom stereocenters. The summed E-state index contributed by atoms with van der Waals surface area (Å²) in [5.74, 6) is 0.192. The zero-order valence-electron chi connectivity index (χ0n) is 15.8. The molecule has 0 aromatic heterocycles. The Hall–Kier alpha value is -2.80. The van der Waals surface area contributed by atoms with Gasteiger partial charge in [0.15, 0.2) is 0 Å². The fourth-order valence-electron chi connectivity index (χ4n) is 3.44. The van der Waals surface area contributed by atoms with Crippen LogP contribution < -0.4 is 15.0 Å². The number of hydrogen-bond acceptors (Lipinski definition) is 5. The Bertz CT molecular complexity index is 903. The van der Waals surface area contributed by atoms with Gasteiger partial charge in [0.25, 0.3) is 11.6 Å². The summed E-state index contributed by atoms with van der Waals surface area (Å²) in [5.41, 5.74) is 1.16. The molecule has 1 aliphatic heterocycles. The van der Waals surface area contributed by atoms with Crippen LogP contribution in [-0.4, -0.2) is 30.5 Å². The normalized spacial score (nSPS) is 16.5. The Morgan fingerprint density at radius 3 is 2.79 bits per heavy atom. The van der Waals surface area contributed by atoms with Crippen LogP contribution in [0.5, 0.6) is 5.75 Å². The topological polar surface area (TPSA) is 84.7 Å². The number of benzene rings is 2. The molecule has 1 saturated heterocycles. The molecular formula is C20H22ClN3O4. The van der Waals surface area contributed by atoms with Crippen LogP contribution in [0.4, 0.5) is 17.1 Å². The summed E-state index contributed by atoms with van der Waals surface area (Å²) in [6.07, 6.45) is 3.03. The molecular weight excluding hydrogens is 382 g/mol. The van der Waals surface area contributed by atoms with Crippen LogP contribution in [0, 0.1) is 10.1 Å². The summed E-state index contributed by atoms with van der Waals surface area (Å²) in [4.78, 5) is 25.8. The van der Waals surface area contributed by atoms with E-state index >= 15 is 0 Å². The molecule has 0 radical (unpaired) electrons. The highest BCUT2D eigenvalue weighted by molar-refractivity contribution is 6.34. The Kier molecular flexibility index (Phi) is 6.04. The van der Waals surface area contributed by atoms with Crippen LogP contribution in [0.15, 0.2) is 36.4 Å². The Balaban J connectivity index is 1.95. The van der Waals surface area contributed by atoms with E-state index in [0.717, 1.165) is 25.8 Å². The zero-order chi connectivity index (χ0) is 20.3. The highest BCUT2D eigenvalue weighted by Crippen LogP contribution is 2.39. The first kappa shape index (κ1) is 19.9. The molecule has 1 N–H and O–H groups in total. The van der Waals surface area contributed by atoms with Gasteiger partial charge in [0.1, 0.15) is 11.4 Å². The maximum absolute atomic E-state index is 12.6. The molecule has 0 aliphatic carbocycles. The van der Waals surface area contributed by atoms with Gasteiger partial charge in [0.2, 0.25) is 0 Å². The molecule has 2 aromatic rings. The molecule has 1 heterocycles. The smallest absolute Gasteiger partial charge is 0.294 e. The third-order valence-corrected chi connectivity index (χ3v) is 5.27. The molecule has 0 spiro atoms. The van der Waals surface area contributed by atoms with Crippen molar-refractivity contribution in [2.45, 2.75) is 32.2 Å². The van der Waals surface area contributed by atoms with E-state index in [1.54, 1.807) is 30.3 Å². The minimum atomic E-state index is -0.434. The second kappa shape index (κ2) is 8.48. The molecule has 28 heavy (non-hydrogen) atoms. The predicted molar refractivity (Wildman–Crippen MR) is 110 cm³/mol. The number of nitrogens with zero attached hydrogens (tertiary/aromatic N) is 2. The lowest BCUT2D eigenvalue weighted by Gasteiger charge is -2.35. The lowest BCUT2D eigenvalue weighted by Crippen LogP contribution is -2.37. The van der Waals surface area contributed by atoms with Crippen molar-refractivity contribution in [3.8, 4) is 5.75 Å². The first-order valence-electron chi connectivity index (χ1n) is 9.10. The maximum atomic E-state index is 12.6. The highest BCUT2D eigenvalue weighted by Gasteiger charge is 2.27. The van der Waals surface area contributed by atoms with Crippen molar-refractivity contribution in [2.75, 3.05) is 23.9 Å². The standard InChI is InChI=1S/C20H22ClN3O4/c1-13-6-3-4-9-23(13)18-12-17(16(21)11-19(18)24(26)27)22-20(25)14-7-5-8-15(10-14)28-2/h5,7-8,10-13H,3-4,6,9H2,1-2H3,(H,22,25). The van der Waals surface area contributed by atoms with Crippen molar-refractivity contribution < 1.29 is 14.5 Å². The summed E-state index contributed by atoms with van der Waals surface area (Å²) in [6.45, 7) is 2.78. The van der Waals surface area contributed by atoms with Gasteiger partial charge in [0, 0.05) is 24.2 Å². The number of rotatable bonds is 5. The molecule has 1 aliphatic rings. The summed E-state index contributed by atoms with van der Waals surface area (Å²) in [6, 6.07) is 9.81. The number of ether oxygens (including phenoxy) is 1. The molecule has 7 nitrogen and oxygen atoms in total. The quantitative estimate of drug-likeness (QED) is 0.567. The van der Waals surface area contributed by atoms with E-state index in [-0.39, 0.29) is 22.7 Å². The number of anilines is 2. The number of amides is 1. The van der Waals surface area contributed by atoms with Gasteiger partial charge in [-0.25, -0.2) is 0 Å². The van der Waals surface area contributed by atoms with Crippen LogP contribution in [0.2, 0.25) is 5.02 Å². The molecule has 148 valence electrons. The highest BCUT2D eigenvalue weighted by atomic mass is 35.5. The maximum Gasteiger partial charge on any atom is 0.294 e. The van der Waals surface area contributed by atoms with Gasteiger partial charge in [-0.2, -0.15) is 0 Å². The van der Waals surface area contributed by atoms with E-state index in [9.17, 15) is 14.9 Å². The minimum absolute atomic E-state index is 0.0573. The van der Waals surface area contributed by atoms with E-state index < -0.39 is 4.92 Å². The zero-order valence-corrected chi connectivity index (χ0v) is 16.5. The van der Waals surface area contributed by atoms with Gasteiger partial charge in [-0.1, -0.05) is 17.7 Å². The molecule has 1 amide bonds. The number of piperidine rings is 1. The van der Waals surface area contributed by atoms with E-state index in [4.69, 9.17) is 16.3 Å². The average Bonchev–Trinajstić information content (AvgIpc) is 2.69. The van der Waals surface area contributed by atoms with Gasteiger partial charge in [-0.3, -0.25) is 14.9 Å². The monoisotopic (exact) mass is 403 g/mol. The minimum Gasteiger partial charge on any atom is -0.497 e. The molecule has 0 saturated carbocycles. The number of hydrogen-bond donors (Lipinski definition) is 1. The van der Waals surface area contributed by atoms with E-state index in [2.05, 4.69) is 5.32 Å². The van der Waals surface area contributed by atoms with Crippen LogP contribution in [0.3, 0.4) is 0 Å². The van der Waals surface area contributed by atoms with Crippen LogP contribution in [0.25, 0.3) is 0 Å². The molecule has 8 heteroatoms. The van der Waals surface area contributed by atoms with Crippen LogP contribution >= 0.6 is 11.6 Å². The third-order valence-electron chi connectivity index (χ3n) is 4.95. The summed E-state index contributed by atoms with van der Waals surface area (Å²) in [7, 11) is 1.52. The number of carbonyl (C=O) groups is 1. The summed E-state index contributed by atoms with van der Waals surface area (Å²) >= 11 is 6.25. The van der Waals surface area contributed by atoms with Crippen LogP contribution in [0.1, 0.15) is 36.5 Å². The lowest BCUT2D eigenvalue weighted by atomic mass is 10.0. The summed E-state index contributed by atoms with van der Waals surface area (Å²) < 4.78 is 5.14. The number of carbonyl (C=O) groups excluding carboxylic acids is 1. The van der Waals surface area contributed by atoms with Crippen molar-refractivity contribution in [3.05, 3.63) is 57.1 Å². The van der Waals surface area contributed by atoms with E-state index in [1.165, 1.54) is 13.2 Å². The van der Waals surface area contributed by atoms with Crippen LogP contribution in [-0.2, 0) is 0 Å². The molecule has 0 bridgehead atoms. The first-order chi connectivity index (χ1) is 13.4.